The summed E-state index contributed by atoms with van der Waals surface area (Å²) in [5.41, 5.74) is 0. The van der Waals surface area contributed by atoms with E-state index in [2.05, 4.69) is 0 Å². The van der Waals surface area contributed by atoms with Gasteiger partial charge in [0.05, 0.1) is 10.1 Å². The number of hydrogen-bond donors (Lipinski definition) is 2. The van der Waals surface area contributed by atoms with Crippen molar-refractivity contribution in [3.05, 3.63) is 0 Å². The molecule has 0 spiro atoms. The van der Waals surface area contributed by atoms with Crippen molar-refractivity contribution in [2.24, 2.45) is 0 Å². The van der Waals surface area contributed by atoms with E-state index < -0.39 is 26.4 Å². The number of rotatable bonds is 1. The first-order valence-electron chi connectivity index (χ1n) is 1.48. The van der Waals surface area contributed by atoms with Crippen molar-refractivity contribution in [1.29, 1.82) is 0 Å². The maximum absolute atomic E-state index is 9.20. The minimum absolute atomic E-state index is 0. The Kier molecular flexibility index (Phi) is 29.2. The van der Waals surface area contributed by atoms with Crippen LogP contribution in [0.25, 0.3) is 0 Å². The normalized spacial score (nSPS) is 11.8. The third-order valence-electron chi connectivity index (χ3n) is 0.116. The van der Waals surface area contributed by atoms with E-state index in [1.54, 1.807) is 0 Å². The third-order valence-corrected chi connectivity index (χ3v) is 1.05. The number of hydrogen-bond acceptors (Lipinski definition) is 5. The summed E-state index contributed by atoms with van der Waals surface area (Å²) >= 11 is 0. The molecule has 0 amide bonds. The van der Waals surface area contributed by atoms with Crippen LogP contribution < -0.4 is 64.2 Å². The maximum Gasteiger partial charge on any atom is 1.00 e. The maximum atomic E-state index is 9.20. The summed E-state index contributed by atoms with van der Waals surface area (Å²) in [5.74, 6) is 0. The Morgan fingerprint density at radius 3 is 1.33 bits per heavy atom. The SMILES string of the molecule is O=C([O-])O.O=S([O-])S(=O)O.[Na+].[Na+]. The molecule has 0 heterocycles. The molecule has 0 bridgehead atoms. The second-order valence-corrected chi connectivity index (χ2v) is 3.20. The molecule has 0 aliphatic carbocycles. The smallest absolute Gasteiger partial charge is 0.760 e. The Morgan fingerprint density at radius 2 is 1.33 bits per heavy atom. The van der Waals surface area contributed by atoms with Gasteiger partial charge in [-0.1, -0.05) is 0 Å². The van der Waals surface area contributed by atoms with Gasteiger partial charge in [0.2, 0.25) is 16.3 Å². The molecule has 0 aromatic heterocycles. The van der Waals surface area contributed by atoms with Gasteiger partial charge in [-0.3, -0.25) is 8.76 Å². The summed E-state index contributed by atoms with van der Waals surface area (Å²) < 4.78 is 35.0. The average molecular weight is 236 g/mol. The molecule has 0 aromatic carbocycles. The molecule has 0 saturated heterocycles. The molecular weight excluding hydrogens is 234 g/mol. The first-order chi connectivity index (χ1) is 4.37. The third kappa shape index (κ3) is 41.9. The van der Waals surface area contributed by atoms with Crippen molar-refractivity contribution >= 4 is 26.4 Å². The Labute approximate surface area is 116 Å². The van der Waals surface area contributed by atoms with Crippen molar-refractivity contribution in [3.63, 3.8) is 0 Å². The molecule has 62 valence electrons. The standard InChI is InChI=1S/CH2O3.2Na.H2O4S2/c2-1(3)4;;;1-5(2)6(3)4/h(H2,2,3,4);;;(H,1,2)(H,3,4)/q;2*+1;/p-2. The van der Waals surface area contributed by atoms with Crippen LogP contribution in [-0.4, -0.2) is 28.8 Å². The van der Waals surface area contributed by atoms with Gasteiger partial charge in [-0.05, 0) is 0 Å². The fourth-order valence-corrected chi connectivity index (χ4v) is 0. The topological polar surface area (TPSA) is 138 Å². The van der Waals surface area contributed by atoms with Gasteiger partial charge in [-0.15, -0.1) is 0 Å². The summed E-state index contributed by atoms with van der Waals surface area (Å²) in [7, 11) is -5.54. The second-order valence-electron chi connectivity index (χ2n) is 0.687. The summed E-state index contributed by atoms with van der Waals surface area (Å²) in [5, 5.41) is 15.3. The van der Waals surface area contributed by atoms with Crippen molar-refractivity contribution in [1.82, 2.24) is 0 Å². The van der Waals surface area contributed by atoms with Crippen LogP contribution in [0, 0.1) is 0 Å². The van der Waals surface area contributed by atoms with Gasteiger partial charge in [0.25, 0.3) is 0 Å². The predicted octanol–water partition coefficient (Wildman–Crippen LogP) is -8.10. The van der Waals surface area contributed by atoms with Gasteiger partial charge >= 0.3 is 59.1 Å². The van der Waals surface area contributed by atoms with Crippen LogP contribution in [0.5, 0.6) is 0 Å². The molecule has 11 heteroatoms. The van der Waals surface area contributed by atoms with E-state index in [9.17, 15) is 4.21 Å². The molecule has 2 atom stereocenters. The molecule has 2 N–H and O–H groups in total. The minimum atomic E-state index is -2.84. The Balaban J connectivity index is -0.0000000483. The largest absolute Gasteiger partial charge is 1.00 e. The molecule has 0 radical (unpaired) electrons. The van der Waals surface area contributed by atoms with E-state index in [1.165, 1.54) is 0 Å². The molecular formula is CH2Na2O7S2. The summed E-state index contributed by atoms with van der Waals surface area (Å²) in [4.78, 5) is 8.44. The zero-order valence-corrected chi connectivity index (χ0v) is 11.9. The van der Waals surface area contributed by atoms with E-state index in [-0.39, 0.29) is 59.1 Å². The van der Waals surface area contributed by atoms with E-state index in [1.807, 2.05) is 0 Å². The number of carbonyl (C=O) groups is 1. The summed E-state index contributed by atoms with van der Waals surface area (Å²) in [6.45, 7) is 0. The average Bonchev–Trinajstić information content (AvgIpc) is 1.63. The molecule has 7 nitrogen and oxygen atoms in total. The fraction of sp³-hybridized carbons (Fsp3) is 0. The fourth-order valence-electron chi connectivity index (χ4n) is 0. The molecule has 12 heavy (non-hydrogen) atoms. The predicted molar refractivity (Wildman–Crippen MR) is 27.7 cm³/mol. The van der Waals surface area contributed by atoms with Crippen LogP contribution in [-0.2, 0) is 20.2 Å². The van der Waals surface area contributed by atoms with Crippen molar-refractivity contribution in [2.45, 2.75) is 0 Å². The first-order valence-corrected chi connectivity index (χ1v) is 4.18. The summed E-state index contributed by atoms with van der Waals surface area (Å²) in [6.07, 6.45) is -2.08. The molecule has 0 rings (SSSR count). The molecule has 0 aliphatic heterocycles. The van der Waals surface area contributed by atoms with Gasteiger partial charge in [-0.2, -0.15) is 0 Å². The van der Waals surface area contributed by atoms with Gasteiger partial charge in [0.15, 0.2) is 0 Å². The molecule has 0 saturated carbocycles. The number of carboxylic acid groups (broad SMARTS) is 2. The molecule has 0 aromatic rings. The van der Waals surface area contributed by atoms with Crippen molar-refractivity contribution < 1.29 is 91.6 Å². The van der Waals surface area contributed by atoms with Gasteiger partial charge < -0.3 is 19.6 Å². The van der Waals surface area contributed by atoms with Crippen LogP contribution in [0.1, 0.15) is 0 Å². The zero-order chi connectivity index (χ0) is 8.73. The molecule has 2 unspecified atom stereocenters. The Morgan fingerprint density at radius 1 is 1.25 bits per heavy atom. The van der Waals surface area contributed by atoms with Crippen LogP contribution in [0.3, 0.4) is 0 Å². The second kappa shape index (κ2) is 15.0. The van der Waals surface area contributed by atoms with Crippen molar-refractivity contribution in [3.8, 4) is 0 Å². The van der Waals surface area contributed by atoms with Crippen LogP contribution >= 0.6 is 0 Å². The first kappa shape index (κ1) is 23.4. The van der Waals surface area contributed by atoms with E-state index in [0.717, 1.165) is 0 Å². The van der Waals surface area contributed by atoms with E-state index in [0.29, 0.717) is 0 Å². The molecule has 0 fully saturated rings. The van der Waals surface area contributed by atoms with Crippen LogP contribution in [0.4, 0.5) is 4.79 Å². The quantitative estimate of drug-likeness (QED) is 0.262. The summed E-state index contributed by atoms with van der Waals surface area (Å²) in [6, 6.07) is 0. The van der Waals surface area contributed by atoms with E-state index >= 15 is 0 Å². The van der Waals surface area contributed by atoms with Crippen LogP contribution in [0.2, 0.25) is 0 Å². The van der Waals surface area contributed by atoms with Crippen LogP contribution in [0.15, 0.2) is 0 Å². The zero-order valence-electron chi connectivity index (χ0n) is 6.25. The Bertz CT molecular complexity index is 141. The monoisotopic (exact) mass is 236 g/mol. The Hall–Kier alpha value is 1.49. The minimum Gasteiger partial charge on any atom is -0.760 e. The van der Waals surface area contributed by atoms with Crippen molar-refractivity contribution in [2.75, 3.05) is 0 Å². The molecule has 0 aliphatic rings. The van der Waals surface area contributed by atoms with Gasteiger partial charge in [-0.25, -0.2) is 4.21 Å². The van der Waals surface area contributed by atoms with Gasteiger partial charge in [0.1, 0.15) is 0 Å². The van der Waals surface area contributed by atoms with Gasteiger partial charge in [0, 0.05) is 0 Å². The van der Waals surface area contributed by atoms with E-state index in [4.69, 9.17) is 28.3 Å².